The Morgan fingerprint density at radius 2 is 1.89 bits per heavy atom. The quantitative estimate of drug-likeness (QED) is 0.785. The van der Waals surface area contributed by atoms with Crippen LogP contribution in [-0.2, 0) is 16.6 Å². The van der Waals surface area contributed by atoms with Gasteiger partial charge in [-0.3, -0.25) is 4.79 Å². The van der Waals surface area contributed by atoms with E-state index in [4.69, 9.17) is 9.47 Å². The Hall–Kier alpha value is -2.58. The lowest BCUT2D eigenvalue weighted by Gasteiger charge is -2.21. The highest BCUT2D eigenvalue weighted by Crippen LogP contribution is 2.32. The Kier molecular flexibility index (Phi) is 5.67. The number of sulfonamides is 1. The number of fused-ring (bicyclic) bond motifs is 1. The highest BCUT2D eigenvalue weighted by molar-refractivity contribution is 7.89. The van der Waals surface area contributed by atoms with Gasteiger partial charge in [-0.15, -0.1) is 0 Å². The zero-order valence-corrected chi connectivity index (χ0v) is 16.1. The van der Waals surface area contributed by atoms with Gasteiger partial charge in [-0.25, -0.2) is 13.1 Å². The average molecular weight is 390 g/mol. The second-order valence-corrected chi connectivity index (χ2v) is 7.80. The molecule has 0 unspecified atom stereocenters. The molecule has 1 aliphatic rings. The number of rotatable bonds is 7. The lowest BCUT2D eigenvalue weighted by Crippen LogP contribution is -2.30. The van der Waals surface area contributed by atoms with Crippen molar-refractivity contribution < 1.29 is 22.7 Å². The average Bonchev–Trinajstić information content (AvgIpc) is 3.13. The van der Waals surface area contributed by atoms with Crippen LogP contribution in [0.3, 0.4) is 0 Å². The maximum Gasteiger partial charge on any atom is 0.254 e. The summed E-state index contributed by atoms with van der Waals surface area (Å²) in [4.78, 5) is 14.6. The fraction of sp³-hybridized carbons (Fsp3) is 0.316. The van der Waals surface area contributed by atoms with Crippen LogP contribution in [-0.4, -0.2) is 39.1 Å². The van der Waals surface area contributed by atoms with Crippen molar-refractivity contribution in [3.05, 3.63) is 53.6 Å². The zero-order chi connectivity index (χ0) is 19.4. The third-order valence-corrected chi connectivity index (χ3v) is 5.75. The van der Waals surface area contributed by atoms with E-state index in [2.05, 4.69) is 4.72 Å². The molecule has 1 amide bonds. The lowest BCUT2D eigenvalue weighted by molar-refractivity contribution is 0.0752. The minimum absolute atomic E-state index is 0.0781. The summed E-state index contributed by atoms with van der Waals surface area (Å²) in [6.45, 7) is 4.93. The Bertz CT molecular complexity index is 943. The third kappa shape index (κ3) is 4.23. The lowest BCUT2D eigenvalue weighted by atomic mass is 10.1. The van der Waals surface area contributed by atoms with Gasteiger partial charge in [0.2, 0.25) is 16.8 Å². The molecule has 2 aromatic rings. The van der Waals surface area contributed by atoms with Crippen LogP contribution in [0.25, 0.3) is 0 Å². The first-order valence-corrected chi connectivity index (χ1v) is 10.2. The predicted molar refractivity (Wildman–Crippen MR) is 100 cm³/mol. The molecule has 0 aliphatic carbocycles. The number of hydrogen-bond donors (Lipinski definition) is 1. The number of carbonyl (C=O) groups excluding carboxylic acids is 1. The van der Waals surface area contributed by atoms with Crippen LogP contribution in [0.15, 0.2) is 47.4 Å². The molecule has 27 heavy (non-hydrogen) atoms. The Morgan fingerprint density at radius 3 is 2.63 bits per heavy atom. The summed E-state index contributed by atoms with van der Waals surface area (Å²) in [7, 11) is -3.62. The van der Waals surface area contributed by atoms with Crippen molar-refractivity contribution in [1.82, 2.24) is 9.62 Å². The maximum atomic E-state index is 12.9. The minimum atomic E-state index is -3.62. The van der Waals surface area contributed by atoms with Gasteiger partial charge in [0.1, 0.15) is 0 Å². The van der Waals surface area contributed by atoms with Gasteiger partial charge in [-0.1, -0.05) is 19.1 Å². The summed E-state index contributed by atoms with van der Waals surface area (Å²) in [5.41, 5.74) is 1.24. The van der Waals surface area contributed by atoms with Crippen LogP contribution in [0.1, 0.15) is 29.8 Å². The molecule has 7 nitrogen and oxygen atoms in total. The number of amides is 1. The summed E-state index contributed by atoms with van der Waals surface area (Å²) in [6.07, 6.45) is 0. The van der Waals surface area contributed by atoms with E-state index in [1.54, 1.807) is 24.0 Å². The topological polar surface area (TPSA) is 84.9 Å². The fourth-order valence-electron chi connectivity index (χ4n) is 2.84. The first kappa shape index (κ1) is 19.2. The van der Waals surface area contributed by atoms with Crippen molar-refractivity contribution in [3.63, 3.8) is 0 Å². The molecule has 0 aromatic heterocycles. The van der Waals surface area contributed by atoms with E-state index in [0.29, 0.717) is 30.2 Å². The van der Waals surface area contributed by atoms with Crippen LogP contribution in [0.5, 0.6) is 11.5 Å². The van der Waals surface area contributed by atoms with E-state index in [-0.39, 0.29) is 24.1 Å². The molecule has 0 radical (unpaired) electrons. The standard InChI is InChI=1S/C19H22N2O5S/c1-3-20-27(23,24)16-7-5-6-15(11-16)19(22)21(4-2)12-14-8-9-17-18(10-14)26-13-25-17/h5-11,20H,3-4,12-13H2,1-2H3. The van der Waals surface area contributed by atoms with Gasteiger partial charge >= 0.3 is 0 Å². The van der Waals surface area contributed by atoms with E-state index in [9.17, 15) is 13.2 Å². The van der Waals surface area contributed by atoms with Crippen molar-refractivity contribution in [2.24, 2.45) is 0 Å². The van der Waals surface area contributed by atoms with Crippen LogP contribution in [0.2, 0.25) is 0 Å². The van der Waals surface area contributed by atoms with Crippen LogP contribution in [0, 0.1) is 0 Å². The van der Waals surface area contributed by atoms with E-state index in [1.807, 2.05) is 25.1 Å². The predicted octanol–water partition coefficient (Wildman–Crippen LogP) is 2.38. The summed E-state index contributed by atoms with van der Waals surface area (Å²) < 4.78 is 37.5. The largest absolute Gasteiger partial charge is 0.454 e. The van der Waals surface area contributed by atoms with Gasteiger partial charge in [0.05, 0.1) is 4.90 Å². The van der Waals surface area contributed by atoms with Crippen LogP contribution in [0.4, 0.5) is 0 Å². The Morgan fingerprint density at radius 1 is 1.11 bits per heavy atom. The first-order valence-electron chi connectivity index (χ1n) is 8.72. The molecule has 0 fully saturated rings. The molecule has 1 N–H and O–H groups in total. The van der Waals surface area contributed by atoms with E-state index in [1.165, 1.54) is 12.1 Å². The van der Waals surface area contributed by atoms with E-state index < -0.39 is 10.0 Å². The van der Waals surface area contributed by atoms with Gasteiger partial charge in [0, 0.05) is 25.2 Å². The van der Waals surface area contributed by atoms with Gasteiger partial charge in [0.25, 0.3) is 5.91 Å². The van der Waals surface area contributed by atoms with Crippen LogP contribution < -0.4 is 14.2 Å². The minimum Gasteiger partial charge on any atom is -0.454 e. The molecular formula is C19H22N2O5S. The van der Waals surface area contributed by atoms with Gasteiger partial charge < -0.3 is 14.4 Å². The number of nitrogens with zero attached hydrogens (tertiary/aromatic N) is 1. The monoisotopic (exact) mass is 390 g/mol. The molecule has 0 saturated carbocycles. The van der Waals surface area contributed by atoms with Gasteiger partial charge in [-0.05, 0) is 42.8 Å². The van der Waals surface area contributed by atoms with Gasteiger partial charge in [-0.2, -0.15) is 0 Å². The molecule has 8 heteroatoms. The number of hydrogen-bond acceptors (Lipinski definition) is 5. The second kappa shape index (κ2) is 7.98. The number of carbonyl (C=O) groups is 1. The summed E-state index contributed by atoms with van der Waals surface area (Å²) in [5.74, 6) is 1.12. The van der Waals surface area contributed by atoms with Crippen molar-refractivity contribution in [2.45, 2.75) is 25.3 Å². The van der Waals surface area contributed by atoms with Crippen molar-refractivity contribution >= 4 is 15.9 Å². The number of ether oxygens (including phenoxy) is 2. The number of nitrogens with one attached hydrogen (secondary N) is 1. The molecule has 0 bridgehead atoms. The normalized spacial score (nSPS) is 12.8. The SMILES string of the molecule is CCNS(=O)(=O)c1cccc(C(=O)N(CC)Cc2ccc3c(c2)OCO3)c1. The number of benzene rings is 2. The smallest absolute Gasteiger partial charge is 0.254 e. The molecule has 3 rings (SSSR count). The zero-order valence-electron chi connectivity index (χ0n) is 15.3. The molecule has 0 saturated heterocycles. The molecular weight excluding hydrogens is 368 g/mol. The third-order valence-electron chi connectivity index (χ3n) is 4.20. The Labute approximate surface area is 158 Å². The first-order chi connectivity index (χ1) is 12.9. The van der Waals surface area contributed by atoms with Crippen molar-refractivity contribution in [1.29, 1.82) is 0 Å². The summed E-state index contributed by atoms with van der Waals surface area (Å²) in [6, 6.07) is 11.6. The molecule has 144 valence electrons. The molecule has 0 spiro atoms. The molecule has 1 aliphatic heterocycles. The van der Waals surface area contributed by atoms with Crippen LogP contribution >= 0.6 is 0 Å². The van der Waals surface area contributed by atoms with Crippen molar-refractivity contribution in [2.75, 3.05) is 19.9 Å². The van der Waals surface area contributed by atoms with E-state index >= 15 is 0 Å². The molecule has 0 atom stereocenters. The summed E-state index contributed by atoms with van der Waals surface area (Å²) >= 11 is 0. The molecule has 1 heterocycles. The summed E-state index contributed by atoms with van der Waals surface area (Å²) in [5, 5.41) is 0. The van der Waals surface area contributed by atoms with Gasteiger partial charge in [0.15, 0.2) is 11.5 Å². The van der Waals surface area contributed by atoms with Crippen molar-refractivity contribution in [3.8, 4) is 11.5 Å². The highest BCUT2D eigenvalue weighted by Gasteiger charge is 2.20. The Balaban J connectivity index is 1.81. The van der Waals surface area contributed by atoms with E-state index in [0.717, 1.165) is 5.56 Å². The second-order valence-electron chi connectivity index (χ2n) is 6.04. The fourth-order valence-corrected chi connectivity index (χ4v) is 3.93. The highest BCUT2D eigenvalue weighted by atomic mass is 32.2. The maximum absolute atomic E-state index is 12.9. The molecule has 2 aromatic carbocycles.